The summed E-state index contributed by atoms with van der Waals surface area (Å²) in [5.41, 5.74) is 3.01. The number of methoxy groups -OCH3 is 2. The number of aryl methyl sites for hydroxylation is 2. The van der Waals surface area contributed by atoms with E-state index in [1.54, 1.807) is 24.3 Å². The summed E-state index contributed by atoms with van der Waals surface area (Å²) in [4.78, 5) is 29.5. The smallest absolute Gasteiger partial charge is 0.264 e. The Morgan fingerprint density at radius 2 is 1.59 bits per heavy atom. The summed E-state index contributed by atoms with van der Waals surface area (Å²) in [6.45, 7) is 5.33. The third kappa shape index (κ3) is 7.72. The molecule has 1 saturated carbocycles. The van der Waals surface area contributed by atoms with Gasteiger partial charge in [-0.05, 0) is 62.9 Å². The van der Waals surface area contributed by atoms with Crippen molar-refractivity contribution in [2.24, 2.45) is 0 Å². The number of carbonyl (C=O) groups is 2. The summed E-state index contributed by atoms with van der Waals surface area (Å²) in [5, 5.41) is 3.14. The second-order valence-corrected chi connectivity index (χ2v) is 13.2. The largest absolute Gasteiger partial charge is 0.493 e. The zero-order chi connectivity index (χ0) is 31.9. The van der Waals surface area contributed by atoms with Crippen LogP contribution in [0.3, 0.4) is 0 Å². The molecule has 1 atom stereocenters. The average Bonchev–Trinajstić information content (AvgIpc) is 3.52. The summed E-state index contributed by atoms with van der Waals surface area (Å²) in [6.07, 6.45) is 4.32. The summed E-state index contributed by atoms with van der Waals surface area (Å²) >= 11 is 0. The minimum atomic E-state index is -4.21. The molecule has 9 nitrogen and oxygen atoms in total. The van der Waals surface area contributed by atoms with E-state index in [1.807, 2.05) is 45.0 Å². The first kappa shape index (κ1) is 32.9. The van der Waals surface area contributed by atoms with E-state index >= 15 is 0 Å². The number of nitrogens with zero attached hydrogens (tertiary/aromatic N) is 2. The SMILES string of the molecule is CC[C@H](C(=O)NC1CCCC1)N(Cc1cccc(C)c1)C(=O)CN(c1ccc(OC)c(OC)c1)S(=O)(=O)c1ccc(C)cc1. The monoisotopic (exact) mass is 621 g/mol. The molecule has 236 valence electrons. The number of benzene rings is 3. The number of sulfonamides is 1. The number of ether oxygens (including phenoxy) is 2. The third-order valence-corrected chi connectivity index (χ3v) is 9.85. The van der Waals surface area contributed by atoms with Crippen molar-refractivity contribution in [1.82, 2.24) is 10.2 Å². The lowest BCUT2D eigenvalue weighted by molar-refractivity contribution is -0.140. The minimum Gasteiger partial charge on any atom is -0.493 e. The molecule has 1 fully saturated rings. The van der Waals surface area contributed by atoms with Crippen LogP contribution >= 0.6 is 0 Å². The Labute approximate surface area is 261 Å². The summed E-state index contributed by atoms with van der Waals surface area (Å²) < 4.78 is 40.2. The quantitative estimate of drug-likeness (QED) is 0.275. The van der Waals surface area contributed by atoms with Gasteiger partial charge in [0.05, 0.1) is 24.8 Å². The van der Waals surface area contributed by atoms with Crippen molar-refractivity contribution in [3.05, 3.63) is 83.4 Å². The van der Waals surface area contributed by atoms with E-state index in [1.165, 1.54) is 37.3 Å². The standard InChI is InChI=1S/C34H43N3O6S/c1-6-30(34(39)35-27-12-7-8-13-27)36(22-26-11-9-10-25(3)20-26)33(38)23-37(28-16-19-31(42-4)32(21-28)43-5)44(40,41)29-17-14-24(2)15-18-29/h9-11,14-21,27,30H,6-8,12-13,22-23H2,1-5H3,(H,35,39)/t30-/m1/s1. The highest BCUT2D eigenvalue weighted by Gasteiger charge is 2.35. The van der Waals surface area contributed by atoms with E-state index in [0.717, 1.165) is 46.7 Å². The molecule has 2 amide bonds. The van der Waals surface area contributed by atoms with Gasteiger partial charge in [0.25, 0.3) is 10.0 Å². The van der Waals surface area contributed by atoms with Gasteiger partial charge in [0.2, 0.25) is 11.8 Å². The first-order valence-electron chi connectivity index (χ1n) is 15.0. The van der Waals surface area contributed by atoms with Gasteiger partial charge < -0.3 is 19.7 Å². The van der Waals surface area contributed by atoms with E-state index in [0.29, 0.717) is 17.9 Å². The topological polar surface area (TPSA) is 105 Å². The number of anilines is 1. The van der Waals surface area contributed by atoms with Gasteiger partial charge in [-0.25, -0.2) is 8.42 Å². The highest BCUT2D eigenvalue weighted by Crippen LogP contribution is 2.34. The molecule has 0 heterocycles. The van der Waals surface area contributed by atoms with Crippen LogP contribution in [-0.4, -0.2) is 58.0 Å². The van der Waals surface area contributed by atoms with Gasteiger partial charge in [-0.2, -0.15) is 0 Å². The zero-order valence-electron chi connectivity index (χ0n) is 26.2. The molecule has 0 spiro atoms. The zero-order valence-corrected chi connectivity index (χ0v) is 27.0. The average molecular weight is 622 g/mol. The first-order chi connectivity index (χ1) is 21.1. The van der Waals surface area contributed by atoms with Crippen LogP contribution in [0.2, 0.25) is 0 Å². The predicted octanol–water partition coefficient (Wildman–Crippen LogP) is 5.38. The Kier molecular flexibility index (Phi) is 10.9. The molecule has 10 heteroatoms. The lowest BCUT2D eigenvalue weighted by atomic mass is 10.1. The van der Waals surface area contributed by atoms with E-state index in [-0.39, 0.29) is 29.1 Å². The Morgan fingerprint density at radius 3 is 2.20 bits per heavy atom. The van der Waals surface area contributed by atoms with Gasteiger partial charge in [0, 0.05) is 18.7 Å². The summed E-state index contributed by atoms with van der Waals surface area (Å²) in [7, 11) is -1.25. The molecular weight excluding hydrogens is 578 g/mol. The fourth-order valence-electron chi connectivity index (χ4n) is 5.64. The lowest BCUT2D eigenvalue weighted by Gasteiger charge is -2.34. The van der Waals surface area contributed by atoms with Crippen molar-refractivity contribution in [3.8, 4) is 11.5 Å². The van der Waals surface area contributed by atoms with Crippen molar-refractivity contribution >= 4 is 27.5 Å². The molecule has 0 aromatic heterocycles. The van der Waals surface area contributed by atoms with Crippen LogP contribution in [-0.2, 0) is 26.2 Å². The van der Waals surface area contributed by atoms with E-state index in [4.69, 9.17) is 9.47 Å². The van der Waals surface area contributed by atoms with Gasteiger partial charge in [-0.1, -0.05) is 67.3 Å². The van der Waals surface area contributed by atoms with E-state index < -0.39 is 28.5 Å². The minimum absolute atomic E-state index is 0.0435. The van der Waals surface area contributed by atoms with Crippen molar-refractivity contribution in [2.75, 3.05) is 25.1 Å². The van der Waals surface area contributed by atoms with Gasteiger partial charge in [0.1, 0.15) is 12.6 Å². The molecule has 0 bridgehead atoms. The third-order valence-electron chi connectivity index (χ3n) is 8.07. The number of amides is 2. The Hall–Kier alpha value is -4.05. The second kappa shape index (κ2) is 14.6. The maximum atomic E-state index is 14.4. The van der Waals surface area contributed by atoms with Crippen molar-refractivity contribution in [3.63, 3.8) is 0 Å². The maximum absolute atomic E-state index is 14.4. The predicted molar refractivity (Wildman–Crippen MR) is 171 cm³/mol. The van der Waals surface area contributed by atoms with Gasteiger partial charge in [0.15, 0.2) is 11.5 Å². The van der Waals surface area contributed by atoms with Crippen molar-refractivity contribution in [1.29, 1.82) is 0 Å². The fourth-order valence-corrected chi connectivity index (χ4v) is 7.05. The number of carbonyl (C=O) groups excluding carboxylic acids is 2. The molecule has 3 aromatic carbocycles. The molecule has 3 aromatic rings. The summed E-state index contributed by atoms with van der Waals surface area (Å²) in [6, 6.07) is 18.2. The molecule has 1 aliphatic carbocycles. The van der Waals surface area contributed by atoms with Gasteiger partial charge in [-0.3, -0.25) is 13.9 Å². The maximum Gasteiger partial charge on any atom is 0.264 e. The summed E-state index contributed by atoms with van der Waals surface area (Å²) in [5.74, 6) is 0.0244. The van der Waals surface area contributed by atoms with Crippen LogP contribution in [0.25, 0.3) is 0 Å². The normalized spacial score (nSPS) is 14.1. The number of hydrogen-bond acceptors (Lipinski definition) is 6. The number of nitrogens with one attached hydrogen (secondary N) is 1. The Bertz CT molecular complexity index is 1550. The van der Waals surface area contributed by atoms with Crippen LogP contribution in [0.5, 0.6) is 11.5 Å². The molecule has 0 aliphatic heterocycles. The molecule has 0 unspecified atom stereocenters. The fraction of sp³-hybridized carbons (Fsp3) is 0.412. The molecule has 4 rings (SSSR count). The highest BCUT2D eigenvalue weighted by atomic mass is 32.2. The van der Waals surface area contributed by atoms with Gasteiger partial charge in [-0.15, -0.1) is 0 Å². The van der Waals surface area contributed by atoms with Crippen LogP contribution in [0.1, 0.15) is 55.7 Å². The highest BCUT2D eigenvalue weighted by molar-refractivity contribution is 7.92. The van der Waals surface area contributed by atoms with Crippen LogP contribution in [0.15, 0.2) is 71.6 Å². The Balaban J connectivity index is 1.76. The molecule has 1 N–H and O–H groups in total. The number of rotatable bonds is 13. The number of hydrogen-bond donors (Lipinski definition) is 1. The van der Waals surface area contributed by atoms with Crippen molar-refractivity contribution < 1.29 is 27.5 Å². The lowest BCUT2D eigenvalue weighted by Crippen LogP contribution is -2.53. The molecular formula is C34H43N3O6S. The Morgan fingerprint density at radius 1 is 0.909 bits per heavy atom. The van der Waals surface area contributed by atoms with E-state index in [2.05, 4.69) is 5.32 Å². The van der Waals surface area contributed by atoms with Crippen LogP contribution in [0, 0.1) is 13.8 Å². The molecule has 0 saturated heterocycles. The molecule has 0 radical (unpaired) electrons. The second-order valence-electron chi connectivity index (χ2n) is 11.3. The van der Waals surface area contributed by atoms with Crippen LogP contribution in [0.4, 0.5) is 5.69 Å². The molecule has 44 heavy (non-hydrogen) atoms. The first-order valence-corrected chi connectivity index (χ1v) is 16.5. The van der Waals surface area contributed by atoms with Crippen molar-refractivity contribution in [2.45, 2.75) is 76.4 Å². The van der Waals surface area contributed by atoms with E-state index in [9.17, 15) is 18.0 Å². The van der Waals surface area contributed by atoms with Crippen LogP contribution < -0.4 is 19.1 Å². The molecule has 1 aliphatic rings. The van der Waals surface area contributed by atoms with Gasteiger partial charge >= 0.3 is 0 Å².